The number of halogens is 1. The third-order valence-corrected chi connectivity index (χ3v) is 5.90. The van der Waals surface area contributed by atoms with E-state index in [0.29, 0.717) is 17.7 Å². The smallest absolute Gasteiger partial charge is 0.219 e. The van der Waals surface area contributed by atoms with Crippen molar-refractivity contribution in [2.45, 2.75) is 18.9 Å². The van der Waals surface area contributed by atoms with Crippen LogP contribution in [-0.2, 0) is 0 Å². The van der Waals surface area contributed by atoms with Crippen LogP contribution in [0.3, 0.4) is 0 Å². The summed E-state index contributed by atoms with van der Waals surface area (Å²) >= 11 is 0. The normalized spacial score (nSPS) is 14.2. The number of piperidine rings is 1. The van der Waals surface area contributed by atoms with Crippen molar-refractivity contribution >= 4 is 0 Å². The predicted molar refractivity (Wildman–Crippen MR) is 125 cm³/mol. The first-order valence-corrected chi connectivity index (χ1v) is 11.0. The lowest BCUT2D eigenvalue weighted by atomic mass is 10.0. The molecule has 1 aliphatic heterocycles. The Hall–Kier alpha value is -3.71. The molecular formula is C26H25FN4O2. The van der Waals surface area contributed by atoms with Gasteiger partial charge in [-0.1, -0.05) is 0 Å². The van der Waals surface area contributed by atoms with E-state index in [0.717, 1.165) is 54.2 Å². The number of aromatic nitrogens is 3. The second-order valence-corrected chi connectivity index (χ2v) is 8.00. The molecule has 2 aromatic carbocycles. The molecule has 1 fully saturated rings. The van der Waals surface area contributed by atoms with Crippen LogP contribution in [0.2, 0.25) is 0 Å². The average molecular weight is 445 g/mol. The molecule has 0 spiro atoms. The van der Waals surface area contributed by atoms with E-state index in [1.165, 1.54) is 12.1 Å². The lowest BCUT2D eigenvalue weighted by Crippen LogP contribution is -2.29. The van der Waals surface area contributed by atoms with E-state index < -0.39 is 0 Å². The highest BCUT2D eigenvalue weighted by Crippen LogP contribution is 2.36. The van der Waals surface area contributed by atoms with Crippen molar-refractivity contribution < 1.29 is 13.9 Å². The van der Waals surface area contributed by atoms with E-state index in [-0.39, 0.29) is 5.82 Å². The van der Waals surface area contributed by atoms with E-state index >= 15 is 0 Å². The third kappa shape index (κ3) is 4.59. The standard InChI is InChI=1S/C26H25FN4O2/c1-32-22-6-8-23(9-7-22)33-24-16-19(10-15-29-24)26-25(18-2-4-20(27)5-3-18)30-17-31(26)21-11-13-28-14-12-21/h2-10,15-17,21,28H,11-14H2,1H3. The molecule has 0 radical (unpaired) electrons. The maximum atomic E-state index is 13.6. The molecule has 0 amide bonds. The zero-order chi connectivity index (χ0) is 22.6. The van der Waals surface area contributed by atoms with Gasteiger partial charge in [0.25, 0.3) is 0 Å². The first-order chi connectivity index (χ1) is 16.2. The maximum Gasteiger partial charge on any atom is 0.219 e. The topological polar surface area (TPSA) is 61.2 Å². The highest BCUT2D eigenvalue weighted by Gasteiger charge is 2.23. The molecule has 2 aromatic heterocycles. The van der Waals surface area contributed by atoms with Gasteiger partial charge in [0.1, 0.15) is 17.3 Å². The Bertz CT molecular complexity index is 1220. The number of methoxy groups -OCH3 is 1. The summed E-state index contributed by atoms with van der Waals surface area (Å²) in [5.74, 6) is 1.66. The highest BCUT2D eigenvalue weighted by atomic mass is 19.1. The quantitative estimate of drug-likeness (QED) is 0.427. The molecule has 1 aliphatic rings. The zero-order valence-corrected chi connectivity index (χ0v) is 18.4. The molecular weight excluding hydrogens is 419 g/mol. The van der Waals surface area contributed by atoms with Gasteiger partial charge in [-0.2, -0.15) is 0 Å². The van der Waals surface area contributed by atoms with E-state index in [1.54, 1.807) is 25.4 Å². The van der Waals surface area contributed by atoms with Gasteiger partial charge >= 0.3 is 0 Å². The minimum atomic E-state index is -0.267. The van der Waals surface area contributed by atoms with Crippen molar-refractivity contribution in [3.8, 4) is 39.9 Å². The van der Waals surface area contributed by atoms with Crippen molar-refractivity contribution in [1.29, 1.82) is 0 Å². The van der Waals surface area contributed by atoms with Crippen molar-refractivity contribution in [3.63, 3.8) is 0 Å². The fourth-order valence-corrected chi connectivity index (χ4v) is 4.20. The van der Waals surface area contributed by atoms with E-state index in [9.17, 15) is 4.39 Å². The first kappa shape index (κ1) is 21.2. The van der Waals surface area contributed by atoms with Gasteiger partial charge in [-0.3, -0.25) is 0 Å². The minimum absolute atomic E-state index is 0.267. The number of hydrogen-bond acceptors (Lipinski definition) is 5. The van der Waals surface area contributed by atoms with Gasteiger partial charge in [0, 0.05) is 29.4 Å². The molecule has 0 unspecified atom stereocenters. The molecule has 3 heterocycles. The van der Waals surface area contributed by atoms with Crippen molar-refractivity contribution in [2.75, 3.05) is 20.2 Å². The molecule has 5 rings (SSSR count). The van der Waals surface area contributed by atoms with Crippen LogP contribution in [-0.4, -0.2) is 34.7 Å². The summed E-state index contributed by atoms with van der Waals surface area (Å²) in [7, 11) is 1.63. The Balaban J connectivity index is 1.54. The maximum absolute atomic E-state index is 13.6. The summed E-state index contributed by atoms with van der Waals surface area (Å²) in [5, 5.41) is 3.42. The molecule has 0 saturated carbocycles. The van der Waals surface area contributed by atoms with Crippen LogP contribution < -0.4 is 14.8 Å². The number of rotatable bonds is 6. The molecule has 6 nitrogen and oxygen atoms in total. The summed E-state index contributed by atoms with van der Waals surface area (Å²) in [5.41, 5.74) is 3.61. The van der Waals surface area contributed by atoms with Crippen molar-refractivity contribution in [3.05, 3.63) is 79.0 Å². The molecule has 33 heavy (non-hydrogen) atoms. The number of nitrogens with one attached hydrogen (secondary N) is 1. The minimum Gasteiger partial charge on any atom is -0.497 e. The number of pyridine rings is 1. The molecule has 168 valence electrons. The molecule has 0 bridgehead atoms. The molecule has 0 aliphatic carbocycles. The van der Waals surface area contributed by atoms with Gasteiger partial charge in [0.05, 0.1) is 24.8 Å². The van der Waals surface area contributed by atoms with Crippen LogP contribution in [0.4, 0.5) is 4.39 Å². The lowest BCUT2D eigenvalue weighted by Gasteiger charge is -2.26. The van der Waals surface area contributed by atoms with Crippen molar-refractivity contribution in [2.24, 2.45) is 0 Å². The zero-order valence-electron chi connectivity index (χ0n) is 18.4. The molecule has 1 N–H and O–H groups in total. The molecule has 4 aromatic rings. The summed E-state index contributed by atoms with van der Waals surface area (Å²) in [6.45, 7) is 1.94. The third-order valence-electron chi connectivity index (χ3n) is 5.90. The fraction of sp³-hybridized carbons (Fsp3) is 0.231. The van der Waals surface area contributed by atoms with E-state index in [1.807, 2.05) is 42.7 Å². The predicted octanol–water partition coefficient (Wildman–Crippen LogP) is 5.48. The summed E-state index contributed by atoms with van der Waals surface area (Å²) in [4.78, 5) is 9.15. The van der Waals surface area contributed by atoms with Crippen LogP contribution in [0.15, 0.2) is 73.2 Å². The number of ether oxygens (including phenoxy) is 2. The van der Waals surface area contributed by atoms with Crippen LogP contribution in [0.1, 0.15) is 18.9 Å². The van der Waals surface area contributed by atoms with Crippen LogP contribution in [0.5, 0.6) is 17.4 Å². The number of imidazole rings is 1. The van der Waals surface area contributed by atoms with Crippen molar-refractivity contribution in [1.82, 2.24) is 19.9 Å². The Morgan fingerprint density at radius 2 is 1.64 bits per heavy atom. The van der Waals surface area contributed by atoms with Gasteiger partial charge in [-0.25, -0.2) is 14.4 Å². The second-order valence-electron chi connectivity index (χ2n) is 8.00. The van der Waals surface area contributed by atoms with Gasteiger partial charge in [-0.05, 0) is 80.5 Å². The van der Waals surface area contributed by atoms with E-state index in [4.69, 9.17) is 14.5 Å². The van der Waals surface area contributed by atoms with Gasteiger partial charge in [-0.15, -0.1) is 0 Å². The highest BCUT2D eigenvalue weighted by molar-refractivity contribution is 5.79. The second kappa shape index (κ2) is 9.42. The van der Waals surface area contributed by atoms with E-state index in [2.05, 4.69) is 14.9 Å². The van der Waals surface area contributed by atoms with Gasteiger partial charge < -0.3 is 19.4 Å². The SMILES string of the molecule is COc1ccc(Oc2cc(-c3c(-c4ccc(F)cc4)ncn3C3CCNCC3)ccn2)cc1. The number of benzene rings is 2. The summed E-state index contributed by atoms with van der Waals surface area (Å²) in [6.07, 6.45) is 5.68. The summed E-state index contributed by atoms with van der Waals surface area (Å²) in [6, 6.07) is 18.1. The van der Waals surface area contributed by atoms with Crippen LogP contribution in [0, 0.1) is 5.82 Å². The fourth-order valence-electron chi connectivity index (χ4n) is 4.20. The molecule has 7 heteroatoms. The van der Waals surface area contributed by atoms with Gasteiger partial charge in [0.15, 0.2) is 0 Å². The first-order valence-electron chi connectivity index (χ1n) is 11.0. The number of hydrogen-bond donors (Lipinski definition) is 1. The average Bonchev–Trinajstić information content (AvgIpc) is 3.31. The Morgan fingerprint density at radius 1 is 0.909 bits per heavy atom. The van der Waals surface area contributed by atoms with Crippen LogP contribution in [0.25, 0.3) is 22.5 Å². The molecule has 1 saturated heterocycles. The number of nitrogens with zero attached hydrogens (tertiary/aromatic N) is 3. The van der Waals surface area contributed by atoms with Gasteiger partial charge in [0.2, 0.25) is 5.88 Å². The summed E-state index contributed by atoms with van der Waals surface area (Å²) < 4.78 is 27.0. The monoisotopic (exact) mass is 444 g/mol. The largest absolute Gasteiger partial charge is 0.497 e. The Morgan fingerprint density at radius 3 is 2.36 bits per heavy atom. The Labute approximate surface area is 192 Å². The van der Waals surface area contributed by atoms with Crippen LogP contribution >= 0.6 is 0 Å². The lowest BCUT2D eigenvalue weighted by molar-refractivity contribution is 0.370. The Kier molecular flexibility index (Phi) is 6.04. The molecule has 0 atom stereocenters.